The lowest BCUT2D eigenvalue weighted by atomic mass is 10.1. The molecule has 0 bridgehead atoms. The number of fused-ring (bicyclic) bond motifs is 1. The van der Waals surface area contributed by atoms with Gasteiger partial charge in [-0.25, -0.2) is 4.79 Å². The number of hydrogen-bond acceptors (Lipinski definition) is 4. The first-order valence-electron chi connectivity index (χ1n) is 7.15. The fraction of sp³-hybridized carbons (Fsp3) is 0.176. The number of hydrogen-bond donors (Lipinski definition) is 2. The number of thiophene rings is 1. The van der Waals surface area contributed by atoms with Crippen LogP contribution < -0.4 is 5.32 Å². The summed E-state index contributed by atoms with van der Waals surface area (Å²) in [5, 5.41) is 12.5. The quantitative estimate of drug-likeness (QED) is 0.845. The van der Waals surface area contributed by atoms with Crippen molar-refractivity contribution in [1.82, 2.24) is 0 Å². The first-order chi connectivity index (χ1) is 11.1. The molecule has 3 rings (SSSR count). The van der Waals surface area contributed by atoms with Crippen LogP contribution in [0.1, 0.15) is 26.4 Å². The summed E-state index contributed by atoms with van der Waals surface area (Å²) in [6.07, 6.45) is 3.64. The van der Waals surface area contributed by atoms with Gasteiger partial charge in [-0.15, -0.1) is 11.3 Å². The van der Waals surface area contributed by atoms with Gasteiger partial charge in [0, 0.05) is 11.0 Å². The lowest BCUT2D eigenvalue weighted by Gasteiger charge is -2.11. The summed E-state index contributed by atoms with van der Waals surface area (Å²) in [7, 11) is 0. The average Bonchev–Trinajstić information content (AvgIpc) is 2.91. The molecule has 1 amide bonds. The van der Waals surface area contributed by atoms with Gasteiger partial charge >= 0.3 is 5.97 Å². The van der Waals surface area contributed by atoms with E-state index < -0.39 is 5.97 Å². The van der Waals surface area contributed by atoms with Gasteiger partial charge in [0.25, 0.3) is 0 Å². The van der Waals surface area contributed by atoms with Crippen molar-refractivity contribution in [2.45, 2.75) is 13.0 Å². The Labute approximate surface area is 137 Å². The van der Waals surface area contributed by atoms with Gasteiger partial charge in [-0.1, -0.05) is 30.3 Å². The number of carbonyl (C=O) groups excluding carboxylic acids is 1. The van der Waals surface area contributed by atoms with E-state index in [0.29, 0.717) is 24.6 Å². The molecule has 0 unspecified atom stereocenters. The van der Waals surface area contributed by atoms with E-state index in [-0.39, 0.29) is 11.5 Å². The Hall–Kier alpha value is -2.44. The van der Waals surface area contributed by atoms with Crippen molar-refractivity contribution in [2.24, 2.45) is 0 Å². The number of rotatable bonds is 4. The maximum atomic E-state index is 12.1. The third-order valence-electron chi connectivity index (χ3n) is 3.50. The average molecular weight is 329 g/mol. The van der Waals surface area contributed by atoms with E-state index in [4.69, 9.17) is 4.74 Å². The Morgan fingerprint density at radius 1 is 1.26 bits per heavy atom. The summed E-state index contributed by atoms with van der Waals surface area (Å²) in [6.45, 7) is 0.904. The SMILES string of the molecule is O=C(/C=C/c1ccccc1)Nc1sc2c(c1C(=O)O)CCOC2. The Kier molecular flexibility index (Phi) is 4.55. The van der Waals surface area contributed by atoms with Gasteiger partial charge in [0.2, 0.25) is 5.91 Å². The van der Waals surface area contributed by atoms with E-state index in [2.05, 4.69) is 5.32 Å². The van der Waals surface area contributed by atoms with Crippen molar-refractivity contribution < 1.29 is 19.4 Å². The summed E-state index contributed by atoms with van der Waals surface area (Å²) >= 11 is 1.27. The molecule has 0 saturated carbocycles. The number of carboxylic acid groups (broad SMARTS) is 1. The lowest BCUT2D eigenvalue weighted by Crippen LogP contribution is -2.13. The number of ether oxygens (including phenoxy) is 1. The molecule has 0 aliphatic carbocycles. The number of anilines is 1. The van der Waals surface area contributed by atoms with Gasteiger partial charge in [0.15, 0.2) is 0 Å². The predicted molar refractivity (Wildman–Crippen MR) is 88.7 cm³/mol. The van der Waals surface area contributed by atoms with Gasteiger partial charge in [-0.3, -0.25) is 4.79 Å². The second-order valence-electron chi connectivity index (χ2n) is 5.05. The zero-order valence-corrected chi connectivity index (χ0v) is 13.1. The third-order valence-corrected chi connectivity index (χ3v) is 4.62. The minimum absolute atomic E-state index is 0.190. The van der Waals surface area contributed by atoms with Crippen LogP contribution in [0.5, 0.6) is 0 Å². The lowest BCUT2D eigenvalue weighted by molar-refractivity contribution is -0.111. The third kappa shape index (κ3) is 3.49. The second kappa shape index (κ2) is 6.76. The van der Waals surface area contributed by atoms with Crippen LogP contribution >= 0.6 is 11.3 Å². The van der Waals surface area contributed by atoms with E-state index in [1.807, 2.05) is 30.3 Å². The van der Waals surface area contributed by atoms with Gasteiger partial charge in [0.1, 0.15) is 5.00 Å². The highest BCUT2D eigenvalue weighted by Gasteiger charge is 2.26. The van der Waals surface area contributed by atoms with Crippen molar-refractivity contribution >= 4 is 34.3 Å². The maximum Gasteiger partial charge on any atom is 0.339 e. The normalized spacial score (nSPS) is 13.7. The van der Waals surface area contributed by atoms with Gasteiger partial charge < -0.3 is 15.2 Å². The summed E-state index contributed by atoms with van der Waals surface area (Å²) in [5.74, 6) is -1.37. The molecule has 23 heavy (non-hydrogen) atoms. The number of aromatic carboxylic acids is 1. The standard InChI is InChI=1S/C17H15NO4S/c19-14(7-6-11-4-2-1-3-5-11)18-16-15(17(20)21)12-8-9-22-10-13(12)23-16/h1-7H,8-10H2,(H,18,19)(H,20,21)/b7-6+. The minimum Gasteiger partial charge on any atom is -0.478 e. The largest absolute Gasteiger partial charge is 0.478 e. The van der Waals surface area contributed by atoms with Crippen molar-refractivity contribution in [3.8, 4) is 0 Å². The van der Waals surface area contributed by atoms with Crippen LogP contribution in [0.2, 0.25) is 0 Å². The van der Waals surface area contributed by atoms with Crippen molar-refractivity contribution in [3.63, 3.8) is 0 Å². The highest BCUT2D eigenvalue weighted by molar-refractivity contribution is 7.17. The van der Waals surface area contributed by atoms with E-state index in [9.17, 15) is 14.7 Å². The first-order valence-corrected chi connectivity index (χ1v) is 7.96. The molecule has 0 atom stereocenters. The van der Waals surface area contributed by atoms with Crippen LogP contribution in [0, 0.1) is 0 Å². The van der Waals surface area contributed by atoms with Gasteiger partial charge in [-0.2, -0.15) is 0 Å². The van der Waals surface area contributed by atoms with E-state index in [0.717, 1.165) is 16.0 Å². The van der Waals surface area contributed by atoms with Crippen LogP contribution in [-0.4, -0.2) is 23.6 Å². The van der Waals surface area contributed by atoms with Crippen LogP contribution in [0.3, 0.4) is 0 Å². The molecule has 1 aliphatic heterocycles. The summed E-state index contributed by atoms with van der Waals surface area (Å²) in [5.41, 5.74) is 1.87. The molecule has 0 fully saturated rings. The zero-order valence-electron chi connectivity index (χ0n) is 12.2. The summed E-state index contributed by atoms with van der Waals surface area (Å²) < 4.78 is 5.35. The molecule has 0 radical (unpaired) electrons. The van der Waals surface area contributed by atoms with E-state index in [1.54, 1.807) is 6.08 Å². The Morgan fingerprint density at radius 2 is 2.04 bits per heavy atom. The van der Waals surface area contributed by atoms with Crippen LogP contribution in [0.4, 0.5) is 5.00 Å². The van der Waals surface area contributed by atoms with Crippen molar-refractivity contribution in [3.05, 3.63) is 58.0 Å². The van der Waals surface area contributed by atoms with Crippen LogP contribution in [0.25, 0.3) is 6.08 Å². The molecule has 2 aromatic rings. The molecule has 118 valence electrons. The molecular weight excluding hydrogens is 314 g/mol. The molecule has 5 nitrogen and oxygen atoms in total. The number of amides is 1. The highest BCUT2D eigenvalue weighted by atomic mass is 32.1. The summed E-state index contributed by atoms with van der Waals surface area (Å²) in [6, 6.07) is 9.43. The molecule has 0 spiro atoms. The molecule has 6 heteroatoms. The first kappa shape index (κ1) is 15.5. The fourth-order valence-electron chi connectivity index (χ4n) is 2.44. The Morgan fingerprint density at radius 3 is 2.78 bits per heavy atom. The van der Waals surface area contributed by atoms with Crippen molar-refractivity contribution in [2.75, 3.05) is 11.9 Å². The van der Waals surface area contributed by atoms with Crippen molar-refractivity contribution in [1.29, 1.82) is 0 Å². The van der Waals surface area contributed by atoms with E-state index in [1.165, 1.54) is 17.4 Å². The van der Waals surface area contributed by atoms with Gasteiger partial charge in [0.05, 0.1) is 18.8 Å². The van der Waals surface area contributed by atoms with Gasteiger partial charge in [-0.05, 0) is 23.6 Å². The molecule has 0 saturated heterocycles. The minimum atomic E-state index is -1.02. The monoisotopic (exact) mass is 329 g/mol. The molecule has 1 aromatic carbocycles. The van der Waals surface area contributed by atoms with Crippen LogP contribution in [-0.2, 0) is 22.6 Å². The maximum absolute atomic E-state index is 12.1. The van der Waals surface area contributed by atoms with E-state index >= 15 is 0 Å². The molecule has 1 aliphatic rings. The highest BCUT2D eigenvalue weighted by Crippen LogP contribution is 2.36. The Bertz CT molecular complexity index is 764. The zero-order chi connectivity index (χ0) is 16.2. The van der Waals surface area contributed by atoms with Crippen LogP contribution in [0.15, 0.2) is 36.4 Å². The Balaban J connectivity index is 1.80. The molecule has 1 aromatic heterocycles. The number of nitrogens with one attached hydrogen (secondary N) is 1. The smallest absolute Gasteiger partial charge is 0.339 e. The number of carbonyl (C=O) groups is 2. The predicted octanol–water partition coefficient (Wildman–Crippen LogP) is 3.17. The number of benzene rings is 1. The number of carboxylic acids is 1. The molecule has 2 heterocycles. The molecule has 2 N–H and O–H groups in total. The second-order valence-corrected chi connectivity index (χ2v) is 6.15. The fourth-order valence-corrected chi connectivity index (χ4v) is 3.62. The summed E-state index contributed by atoms with van der Waals surface area (Å²) in [4.78, 5) is 24.4. The topological polar surface area (TPSA) is 75.6 Å². The molecular formula is C17H15NO4S.